The monoisotopic (exact) mass is 803 g/mol. The zero-order valence-corrected chi connectivity index (χ0v) is 34.6. The van der Waals surface area contributed by atoms with E-state index < -0.39 is 90.6 Å². The third-order valence-corrected chi connectivity index (χ3v) is 11.5. The summed E-state index contributed by atoms with van der Waals surface area (Å²) in [7, 11) is 0. The molecule has 0 aromatic heterocycles. The fourth-order valence-corrected chi connectivity index (χ4v) is 7.87. The van der Waals surface area contributed by atoms with Crippen LogP contribution in [-0.2, 0) is 33.3 Å². The highest BCUT2D eigenvalue weighted by Crippen LogP contribution is 2.43. The van der Waals surface area contributed by atoms with Gasteiger partial charge in [-0.05, 0) is 33.1 Å². The van der Waals surface area contributed by atoms with Gasteiger partial charge in [-0.2, -0.15) is 0 Å². The third-order valence-electron chi connectivity index (χ3n) is 11.5. The number of unbranched alkanes of at least 4 members (excludes halogenated alkanes) is 14. The van der Waals surface area contributed by atoms with Crippen LogP contribution in [0.1, 0.15) is 163 Å². The van der Waals surface area contributed by atoms with E-state index in [0.29, 0.717) is 32.1 Å². The second-order valence-electron chi connectivity index (χ2n) is 16.0. The number of hydrogen-bond donors (Lipinski definition) is 7. The van der Waals surface area contributed by atoms with Gasteiger partial charge < -0.3 is 54.7 Å². The molecular formula is C42H74O14. The molecule has 56 heavy (non-hydrogen) atoms. The highest BCUT2D eigenvalue weighted by atomic mass is 16.7. The molecule has 2 aliphatic rings. The first-order chi connectivity index (χ1) is 26.7. The number of aliphatic hydroxyl groups excluding tert-OH is 6. The van der Waals surface area contributed by atoms with Crippen molar-refractivity contribution in [3.63, 3.8) is 0 Å². The lowest BCUT2D eigenvalue weighted by atomic mass is 9.66. The van der Waals surface area contributed by atoms with Gasteiger partial charge in [-0.1, -0.05) is 124 Å². The summed E-state index contributed by atoms with van der Waals surface area (Å²) in [5.74, 6) is -1.48. The van der Waals surface area contributed by atoms with Gasteiger partial charge in [0.25, 0.3) is 0 Å². The van der Waals surface area contributed by atoms with Gasteiger partial charge in [0.05, 0.1) is 18.3 Å². The smallest absolute Gasteiger partial charge is 0.322 e. The Morgan fingerprint density at radius 2 is 1.12 bits per heavy atom. The van der Waals surface area contributed by atoms with Gasteiger partial charge in [-0.3, -0.25) is 9.59 Å². The van der Waals surface area contributed by atoms with E-state index in [4.69, 9.17) is 18.9 Å². The zero-order chi connectivity index (χ0) is 41.8. The summed E-state index contributed by atoms with van der Waals surface area (Å²) in [5.41, 5.74) is -2.90. The van der Waals surface area contributed by atoms with Crippen LogP contribution in [0.25, 0.3) is 0 Å². The predicted octanol–water partition coefficient (Wildman–Crippen LogP) is 4.67. The Hall–Kier alpha value is -1.97. The lowest BCUT2D eigenvalue weighted by molar-refractivity contribution is -0.345. The van der Waals surface area contributed by atoms with Crippen LogP contribution in [0.5, 0.6) is 0 Å². The highest BCUT2D eigenvalue weighted by molar-refractivity contribution is 6.06. The average molecular weight is 803 g/mol. The van der Waals surface area contributed by atoms with Crippen LogP contribution in [0.4, 0.5) is 0 Å². The number of ether oxygens (including phenoxy) is 4. The molecule has 0 bridgehead atoms. The standard InChI is InChI=1S/C42H74O14/c1-6-9-12-15-18-20-23-29(26-43)55-37-35(49)33(47)28(5)54-40(37)56-36-34(48)32(46)27(4)53-39(36)42(41(51)52,31(45)25-22-17-14-11-8-3)38(50)30(44)24-21-19-16-13-10-7-2/h27-28,30-37,39-40,44-49H,6-25H2,1-5H3,(H,51,52)/t27-,28-,30?,31?,32-,33-,34+,35+,36+,37+,39+,40-,42?/m0/s1. The van der Waals surface area contributed by atoms with Crippen molar-refractivity contribution in [1.82, 2.24) is 0 Å². The van der Waals surface area contributed by atoms with E-state index in [-0.39, 0.29) is 25.0 Å². The van der Waals surface area contributed by atoms with Crippen molar-refractivity contribution in [3.05, 3.63) is 5.76 Å². The second kappa shape index (κ2) is 26.2. The summed E-state index contributed by atoms with van der Waals surface area (Å²) >= 11 is 0. The lowest BCUT2D eigenvalue weighted by Crippen LogP contribution is -2.71. The van der Waals surface area contributed by atoms with Crippen molar-refractivity contribution >= 4 is 17.7 Å². The molecule has 2 aliphatic heterocycles. The Kier molecular flexibility index (Phi) is 23.5. The maximum atomic E-state index is 14.5. The first-order valence-electron chi connectivity index (χ1n) is 21.5. The van der Waals surface area contributed by atoms with Crippen LogP contribution in [0.2, 0.25) is 0 Å². The van der Waals surface area contributed by atoms with E-state index in [1.165, 1.54) is 13.8 Å². The van der Waals surface area contributed by atoms with Gasteiger partial charge in [0, 0.05) is 6.42 Å². The fourth-order valence-electron chi connectivity index (χ4n) is 7.87. The SMILES string of the molecule is CCCCCCCCC(=C=O)O[C@H]1[C@H](O[C@@H]2[C@H](O)[C@@H](O)[C@H](C)O[C@H]2C(C(=O)O)(C(=O)C(O)CCCCCCCC)C(O)CCCCCCC)O[C@@H](C)[C@H](O)[C@H]1O. The summed E-state index contributed by atoms with van der Waals surface area (Å²) in [6.07, 6.45) is -6.08. The Labute approximate surface area is 333 Å². The number of carbonyl (C=O) groups is 2. The molecule has 0 spiro atoms. The second-order valence-corrected chi connectivity index (χ2v) is 16.0. The van der Waals surface area contributed by atoms with Gasteiger partial charge in [-0.15, -0.1) is 0 Å². The topological polar surface area (TPSA) is 230 Å². The molecule has 0 aromatic carbocycles. The molecule has 14 nitrogen and oxygen atoms in total. The molecule has 2 rings (SSSR count). The number of aliphatic carboxylic acids is 1. The largest absolute Gasteiger partial charge is 0.480 e. The first kappa shape index (κ1) is 50.2. The molecule has 0 aromatic rings. The summed E-state index contributed by atoms with van der Waals surface area (Å²) in [6, 6.07) is 0. The number of aliphatic hydroxyl groups is 6. The minimum Gasteiger partial charge on any atom is -0.480 e. The molecular weight excluding hydrogens is 728 g/mol. The van der Waals surface area contributed by atoms with E-state index in [9.17, 15) is 50.1 Å². The van der Waals surface area contributed by atoms with Crippen molar-refractivity contribution in [2.45, 2.75) is 236 Å². The third kappa shape index (κ3) is 13.8. The van der Waals surface area contributed by atoms with E-state index >= 15 is 0 Å². The maximum Gasteiger partial charge on any atom is 0.322 e. The number of carbonyl (C=O) groups excluding carboxylic acids is 2. The lowest BCUT2D eigenvalue weighted by Gasteiger charge is -2.51. The summed E-state index contributed by atoms with van der Waals surface area (Å²) in [5, 5.41) is 78.9. The molecule has 0 amide bonds. The Bertz CT molecular complexity index is 1180. The molecule has 0 saturated carbocycles. The molecule has 3 unspecified atom stereocenters. The number of ketones is 1. The summed E-state index contributed by atoms with van der Waals surface area (Å²) in [6.45, 7) is 9.02. The molecule has 326 valence electrons. The van der Waals surface area contributed by atoms with E-state index in [1.54, 1.807) is 5.94 Å². The number of rotatable bonds is 29. The Balaban J connectivity index is 2.57. The van der Waals surface area contributed by atoms with Crippen LogP contribution in [0.15, 0.2) is 5.76 Å². The average Bonchev–Trinajstić information content (AvgIpc) is 3.17. The molecule has 7 N–H and O–H groups in total. The van der Waals surface area contributed by atoms with Gasteiger partial charge in [0.2, 0.25) is 0 Å². The summed E-state index contributed by atoms with van der Waals surface area (Å²) < 4.78 is 24.1. The number of allylic oxidation sites excluding steroid dienone is 1. The van der Waals surface area contributed by atoms with Crippen LogP contribution >= 0.6 is 0 Å². The van der Waals surface area contributed by atoms with E-state index in [0.717, 1.165) is 77.0 Å². The number of hydrogen-bond acceptors (Lipinski definition) is 13. The van der Waals surface area contributed by atoms with Crippen molar-refractivity contribution in [3.8, 4) is 0 Å². The maximum absolute atomic E-state index is 14.5. The van der Waals surface area contributed by atoms with Gasteiger partial charge in [0.15, 0.2) is 35.3 Å². The molecule has 0 radical (unpaired) electrons. The fraction of sp³-hybridized carbons (Fsp3) is 0.905. The number of Topliss-reactive ketones (excluding diaryl/α,β-unsaturated/α-hetero) is 1. The van der Waals surface area contributed by atoms with Crippen molar-refractivity contribution < 1.29 is 69.1 Å². The highest BCUT2D eigenvalue weighted by Gasteiger charge is 2.66. The molecule has 2 saturated heterocycles. The summed E-state index contributed by atoms with van der Waals surface area (Å²) in [4.78, 5) is 40.2. The number of carboxylic acids is 1. The van der Waals surface area contributed by atoms with Gasteiger partial charge in [-0.25, -0.2) is 4.79 Å². The van der Waals surface area contributed by atoms with Gasteiger partial charge in [0.1, 0.15) is 42.7 Å². The molecule has 2 heterocycles. The minimum atomic E-state index is -2.90. The predicted molar refractivity (Wildman–Crippen MR) is 208 cm³/mol. The first-order valence-corrected chi connectivity index (χ1v) is 21.5. The van der Waals surface area contributed by atoms with Crippen LogP contribution in [-0.4, -0.2) is 127 Å². The molecule has 0 aliphatic carbocycles. The van der Waals surface area contributed by atoms with Crippen LogP contribution in [0, 0.1) is 5.41 Å². The van der Waals surface area contributed by atoms with Crippen molar-refractivity contribution in [2.24, 2.45) is 5.41 Å². The minimum absolute atomic E-state index is 0.0785. The Morgan fingerprint density at radius 3 is 1.64 bits per heavy atom. The van der Waals surface area contributed by atoms with E-state index in [2.05, 4.69) is 13.8 Å². The van der Waals surface area contributed by atoms with E-state index in [1.807, 2.05) is 6.92 Å². The Morgan fingerprint density at radius 1 is 0.661 bits per heavy atom. The van der Waals surface area contributed by atoms with Crippen LogP contribution in [0.3, 0.4) is 0 Å². The van der Waals surface area contributed by atoms with Crippen molar-refractivity contribution in [2.75, 3.05) is 0 Å². The van der Waals surface area contributed by atoms with Crippen LogP contribution < -0.4 is 0 Å². The molecule has 13 atom stereocenters. The quantitative estimate of drug-likeness (QED) is 0.0236. The molecule has 2 fully saturated rings. The van der Waals surface area contributed by atoms with Crippen molar-refractivity contribution in [1.29, 1.82) is 0 Å². The number of carboxylic acid groups (broad SMARTS) is 1. The normalized spacial score (nSPS) is 30.2. The zero-order valence-electron chi connectivity index (χ0n) is 34.6. The van der Waals surface area contributed by atoms with Gasteiger partial charge >= 0.3 is 5.97 Å². The molecule has 14 heteroatoms.